The highest BCUT2D eigenvalue weighted by Crippen LogP contribution is 2.32. The van der Waals surface area contributed by atoms with Crippen molar-refractivity contribution in [2.75, 3.05) is 25.9 Å². The van der Waals surface area contributed by atoms with E-state index in [2.05, 4.69) is 50.8 Å². The van der Waals surface area contributed by atoms with Gasteiger partial charge in [0.2, 0.25) is 0 Å². The fourth-order valence-electron chi connectivity index (χ4n) is 6.01. The number of hydrogen-bond donors (Lipinski definition) is 1. The molecule has 0 aliphatic carbocycles. The topological polar surface area (TPSA) is 108 Å². The summed E-state index contributed by atoms with van der Waals surface area (Å²) in [5.74, 6) is 2.37. The molecule has 7 rings (SSSR count). The van der Waals surface area contributed by atoms with E-state index in [1.807, 2.05) is 62.4 Å². The highest BCUT2D eigenvalue weighted by molar-refractivity contribution is 5.84. The van der Waals surface area contributed by atoms with Gasteiger partial charge in [0.25, 0.3) is 0 Å². The van der Waals surface area contributed by atoms with Crippen molar-refractivity contribution in [3.8, 4) is 39.8 Å². The summed E-state index contributed by atoms with van der Waals surface area (Å²) < 4.78 is 13.6. The van der Waals surface area contributed by atoms with Crippen molar-refractivity contribution in [3.63, 3.8) is 0 Å². The zero-order valence-electron chi connectivity index (χ0n) is 27.5. The molecule has 6 aromatic rings. The summed E-state index contributed by atoms with van der Waals surface area (Å²) in [6.45, 7) is 6.70. The molecule has 1 aliphatic heterocycles. The third kappa shape index (κ3) is 6.91. The normalized spacial score (nSPS) is 13.5. The quantitative estimate of drug-likeness (QED) is 0.161. The van der Waals surface area contributed by atoms with Crippen LogP contribution in [-0.4, -0.2) is 57.0 Å². The van der Waals surface area contributed by atoms with Crippen molar-refractivity contribution < 1.29 is 14.3 Å². The minimum atomic E-state index is 0.117. The fourth-order valence-corrected chi connectivity index (χ4v) is 6.01. The zero-order chi connectivity index (χ0) is 33.5. The number of pyridine rings is 2. The Labute approximate surface area is 281 Å². The fraction of sp³-hybridized carbons (Fsp3) is 0.231. The van der Waals surface area contributed by atoms with Crippen molar-refractivity contribution in [2.45, 2.75) is 39.3 Å². The Kier molecular flexibility index (Phi) is 10.1. The van der Waals surface area contributed by atoms with Crippen LogP contribution in [0.15, 0.2) is 103 Å². The molecule has 9 nitrogen and oxygen atoms in total. The molecule has 3 aromatic carbocycles. The van der Waals surface area contributed by atoms with Crippen LogP contribution in [0, 0.1) is 0 Å². The molecular weight excluding hydrogens is 600 g/mol. The first-order valence-corrected chi connectivity index (χ1v) is 16.4. The number of rotatable bonds is 9. The molecule has 48 heavy (non-hydrogen) atoms. The number of nitrogens with zero attached hydrogens (tertiary/aromatic N) is 5. The van der Waals surface area contributed by atoms with E-state index in [9.17, 15) is 4.79 Å². The van der Waals surface area contributed by atoms with Gasteiger partial charge < -0.3 is 15.2 Å². The number of anilines is 1. The molecule has 1 saturated heterocycles. The minimum absolute atomic E-state index is 0.117. The number of piperidine rings is 1. The number of hydrogen-bond acceptors (Lipinski definition) is 8. The summed E-state index contributed by atoms with van der Waals surface area (Å²) in [6, 6.07) is 31.9. The predicted octanol–water partition coefficient (Wildman–Crippen LogP) is 7.62. The number of imidazole rings is 1. The number of aldehydes is 1. The number of methoxy groups -OCH3 is 1. The molecule has 4 heterocycles. The van der Waals surface area contributed by atoms with Crippen LogP contribution in [0.4, 0.5) is 5.82 Å². The Hall–Kier alpha value is -5.54. The van der Waals surface area contributed by atoms with Crippen LogP contribution in [0.5, 0.6) is 11.5 Å². The van der Waals surface area contributed by atoms with E-state index in [1.54, 1.807) is 25.4 Å². The van der Waals surface area contributed by atoms with Crippen LogP contribution >= 0.6 is 0 Å². The van der Waals surface area contributed by atoms with Gasteiger partial charge in [-0.15, -0.1) is 0 Å². The number of benzene rings is 3. The Bertz CT molecular complexity index is 1980. The van der Waals surface area contributed by atoms with Crippen molar-refractivity contribution in [3.05, 3.63) is 114 Å². The number of ether oxygens (including phenoxy) is 2. The van der Waals surface area contributed by atoms with Gasteiger partial charge in [-0.2, -0.15) is 0 Å². The molecule has 0 radical (unpaired) electrons. The third-order valence-electron chi connectivity index (χ3n) is 8.42. The van der Waals surface area contributed by atoms with E-state index in [0.717, 1.165) is 78.2 Å². The molecule has 244 valence electrons. The van der Waals surface area contributed by atoms with Crippen LogP contribution < -0.4 is 15.2 Å². The van der Waals surface area contributed by atoms with Crippen molar-refractivity contribution in [2.24, 2.45) is 0 Å². The number of carbonyl (C=O) groups excluding carboxylic acids is 1. The van der Waals surface area contributed by atoms with Gasteiger partial charge in [-0.1, -0.05) is 56.3 Å². The second kappa shape index (κ2) is 14.9. The minimum Gasteiger partial charge on any atom is -0.496 e. The highest BCUT2D eigenvalue weighted by Gasteiger charge is 2.22. The summed E-state index contributed by atoms with van der Waals surface area (Å²) in [4.78, 5) is 28.0. The van der Waals surface area contributed by atoms with E-state index in [0.29, 0.717) is 23.0 Å². The molecule has 0 bridgehead atoms. The maximum atomic E-state index is 11.2. The van der Waals surface area contributed by atoms with E-state index in [4.69, 9.17) is 25.2 Å². The zero-order valence-corrected chi connectivity index (χ0v) is 27.5. The Morgan fingerprint density at radius 1 is 0.896 bits per heavy atom. The smallest absolute Gasteiger partial charge is 0.165 e. The number of nitrogens with two attached hydrogens (primary N) is 1. The standard InChI is InChI=1S/C37H34N6O3.C2H6/c1-45-34-22-30(14-11-27(34)24-44)46-29-17-20-42(21-18-29)23-25-9-12-28(13-10-25)43-36(31-8-5-19-39-35(31)38)41-33-16-15-32(40-37(33)43)26-6-3-2-4-7-26;1-2/h2-16,19,22,24,29H,17-18,20-21,23H2,1H3,(H2,38,39);1-2H3. The lowest BCUT2D eigenvalue weighted by Crippen LogP contribution is -2.37. The van der Waals surface area contributed by atoms with E-state index in [1.165, 1.54) is 5.56 Å². The third-order valence-corrected chi connectivity index (χ3v) is 8.42. The van der Waals surface area contributed by atoms with Gasteiger partial charge >= 0.3 is 0 Å². The van der Waals surface area contributed by atoms with Gasteiger partial charge in [0, 0.05) is 43.1 Å². The molecule has 1 fully saturated rings. The van der Waals surface area contributed by atoms with Crippen molar-refractivity contribution in [1.29, 1.82) is 0 Å². The maximum absolute atomic E-state index is 11.2. The summed E-state index contributed by atoms with van der Waals surface area (Å²) in [6.07, 6.45) is 4.43. The highest BCUT2D eigenvalue weighted by atomic mass is 16.5. The molecule has 9 heteroatoms. The largest absolute Gasteiger partial charge is 0.496 e. The Balaban J connectivity index is 0.00000197. The summed E-state index contributed by atoms with van der Waals surface area (Å²) in [5.41, 5.74) is 13.2. The number of fused-ring (bicyclic) bond motifs is 1. The number of likely N-dealkylation sites (tertiary alicyclic amines) is 1. The number of carbonyl (C=O) groups is 1. The van der Waals surface area contributed by atoms with Gasteiger partial charge in [-0.25, -0.2) is 15.0 Å². The Morgan fingerprint density at radius 3 is 2.38 bits per heavy atom. The van der Waals surface area contributed by atoms with Crippen LogP contribution in [0.25, 0.3) is 39.5 Å². The van der Waals surface area contributed by atoms with Gasteiger partial charge in [0.15, 0.2) is 17.8 Å². The van der Waals surface area contributed by atoms with Crippen molar-refractivity contribution in [1.82, 2.24) is 24.4 Å². The average molecular weight is 641 g/mol. The molecule has 0 saturated carbocycles. The molecule has 0 unspecified atom stereocenters. The van der Waals surface area contributed by atoms with E-state index in [-0.39, 0.29) is 6.10 Å². The second-order valence-corrected chi connectivity index (χ2v) is 11.4. The van der Waals surface area contributed by atoms with Crippen LogP contribution in [-0.2, 0) is 6.54 Å². The van der Waals surface area contributed by atoms with Crippen molar-refractivity contribution >= 4 is 23.3 Å². The molecular formula is C39H40N6O3. The second-order valence-electron chi connectivity index (χ2n) is 11.4. The predicted molar refractivity (Wildman–Crippen MR) is 191 cm³/mol. The first-order chi connectivity index (χ1) is 23.6. The van der Waals surface area contributed by atoms with Gasteiger partial charge in [-0.05, 0) is 66.9 Å². The summed E-state index contributed by atoms with van der Waals surface area (Å²) >= 11 is 0. The summed E-state index contributed by atoms with van der Waals surface area (Å²) in [7, 11) is 1.56. The van der Waals surface area contributed by atoms with Crippen LogP contribution in [0.2, 0.25) is 0 Å². The maximum Gasteiger partial charge on any atom is 0.165 e. The van der Waals surface area contributed by atoms with Gasteiger partial charge in [-0.3, -0.25) is 14.3 Å². The first-order valence-electron chi connectivity index (χ1n) is 16.4. The molecule has 0 atom stereocenters. The lowest BCUT2D eigenvalue weighted by molar-refractivity contribution is 0.0965. The average Bonchev–Trinajstić information content (AvgIpc) is 3.52. The lowest BCUT2D eigenvalue weighted by atomic mass is 10.1. The lowest BCUT2D eigenvalue weighted by Gasteiger charge is -2.32. The van der Waals surface area contributed by atoms with Crippen LogP contribution in [0.3, 0.4) is 0 Å². The SMILES string of the molecule is CC.COc1cc(OC2CCN(Cc3ccc(-n4c(-c5cccnc5N)nc5ccc(-c6ccccc6)nc54)cc3)CC2)ccc1C=O. The van der Waals surface area contributed by atoms with Crippen LogP contribution in [0.1, 0.15) is 42.6 Å². The van der Waals surface area contributed by atoms with Gasteiger partial charge in [0.05, 0.1) is 23.9 Å². The summed E-state index contributed by atoms with van der Waals surface area (Å²) in [5, 5.41) is 0. The molecule has 0 amide bonds. The molecule has 0 spiro atoms. The van der Waals surface area contributed by atoms with Gasteiger partial charge in [0.1, 0.15) is 28.9 Å². The van der Waals surface area contributed by atoms with E-state index >= 15 is 0 Å². The first kappa shape index (κ1) is 32.4. The Morgan fingerprint density at radius 2 is 1.67 bits per heavy atom. The number of nitrogen functional groups attached to an aromatic ring is 1. The molecule has 2 N–H and O–H groups in total. The molecule has 1 aliphatic rings. The molecule has 3 aromatic heterocycles. The van der Waals surface area contributed by atoms with E-state index < -0.39 is 0 Å². The monoisotopic (exact) mass is 640 g/mol. The number of aromatic nitrogens is 4.